The number of carbonyl (C=O) groups is 2. The van der Waals surface area contributed by atoms with Gasteiger partial charge in [-0.15, -0.1) is 11.6 Å². The molecule has 26 heavy (non-hydrogen) atoms. The fourth-order valence-corrected chi connectivity index (χ4v) is 8.10. The van der Waals surface area contributed by atoms with Crippen LogP contribution >= 0.6 is 11.6 Å². The second kappa shape index (κ2) is 4.91. The van der Waals surface area contributed by atoms with E-state index in [0.717, 1.165) is 19.3 Å². The molecule has 3 nitrogen and oxygen atoms in total. The van der Waals surface area contributed by atoms with Crippen LogP contribution in [0.25, 0.3) is 0 Å². The molecule has 0 unspecified atom stereocenters. The summed E-state index contributed by atoms with van der Waals surface area (Å²) < 4.78 is 0. The van der Waals surface area contributed by atoms with Gasteiger partial charge in [0.15, 0.2) is 11.6 Å². The van der Waals surface area contributed by atoms with E-state index in [1.165, 1.54) is 12.5 Å². The molecule has 140 valence electrons. The molecule has 0 saturated heterocycles. The van der Waals surface area contributed by atoms with Gasteiger partial charge in [-0.25, -0.2) is 0 Å². The van der Waals surface area contributed by atoms with Crippen LogP contribution in [0.4, 0.5) is 0 Å². The van der Waals surface area contributed by atoms with Gasteiger partial charge in [0, 0.05) is 11.3 Å². The van der Waals surface area contributed by atoms with Gasteiger partial charge in [0.2, 0.25) is 0 Å². The summed E-state index contributed by atoms with van der Waals surface area (Å²) in [5, 5.41) is 10.8. The molecule has 0 heterocycles. The monoisotopic (exact) mass is 374 g/mol. The smallest absolute Gasteiger partial charge is 0.163 e. The summed E-state index contributed by atoms with van der Waals surface area (Å²) in [6.07, 6.45) is 9.80. The van der Waals surface area contributed by atoms with E-state index >= 15 is 0 Å². The molecule has 5 aliphatic carbocycles. The Morgan fingerprint density at radius 1 is 1.23 bits per heavy atom. The van der Waals surface area contributed by atoms with Gasteiger partial charge in [0.05, 0.1) is 5.38 Å². The average molecular weight is 375 g/mol. The first-order valence-electron chi connectivity index (χ1n) is 9.97. The summed E-state index contributed by atoms with van der Waals surface area (Å²) in [7, 11) is 0. The van der Waals surface area contributed by atoms with Crippen molar-refractivity contribution in [2.24, 2.45) is 40.4 Å². The largest absolute Gasteiger partial charge is 0.380 e. The van der Waals surface area contributed by atoms with E-state index in [1.807, 2.05) is 6.08 Å². The third-order valence-electron chi connectivity index (χ3n) is 9.16. The Morgan fingerprint density at radius 3 is 2.65 bits per heavy atom. The van der Waals surface area contributed by atoms with Gasteiger partial charge < -0.3 is 5.11 Å². The summed E-state index contributed by atoms with van der Waals surface area (Å²) in [6.45, 7) is 5.91. The number of halogens is 1. The minimum Gasteiger partial charge on any atom is -0.380 e. The number of hydrogen-bond acceptors (Lipinski definition) is 3. The molecular formula is C22H27ClO3. The second-order valence-corrected chi connectivity index (χ2v) is 10.4. The molecule has 0 amide bonds. The normalized spacial score (nSPS) is 56.8. The van der Waals surface area contributed by atoms with E-state index < -0.39 is 16.4 Å². The topological polar surface area (TPSA) is 54.4 Å². The van der Waals surface area contributed by atoms with Crippen molar-refractivity contribution in [1.29, 1.82) is 0 Å². The summed E-state index contributed by atoms with van der Waals surface area (Å²) >= 11 is 6.59. The Labute approximate surface area is 159 Å². The zero-order chi connectivity index (χ0) is 18.6. The number of hydrogen-bond donors (Lipinski definition) is 1. The minimum absolute atomic E-state index is 0.0536. The van der Waals surface area contributed by atoms with Crippen molar-refractivity contribution in [3.63, 3.8) is 0 Å². The molecule has 3 fully saturated rings. The highest BCUT2D eigenvalue weighted by molar-refractivity contribution is 6.24. The van der Waals surface area contributed by atoms with Crippen LogP contribution in [0.15, 0.2) is 23.8 Å². The van der Waals surface area contributed by atoms with Crippen LogP contribution in [0, 0.1) is 40.4 Å². The lowest BCUT2D eigenvalue weighted by atomic mass is 9.47. The fourth-order valence-electron chi connectivity index (χ4n) is 7.50. The van der Waals surface area contributed by atoms with E-state index in [1.54, 1.807) is 0 Å². The van der Waals surface area contributed by atoms with E-state index in [9.17, 15) is 14.7 Å². The van der Waals surface area contributed by atoms with Crippen LogP contribution in [-0.2, 0) is 9.59 Å². The van der Waals surface area contributed by atoms with Crippen molar-refractivity contribution in [3.05, 3.63) is 23.8 Å². The second-order valence-electron chi connectivity index (χ2n) is 9.86. The third-order valence-corrected chi connectivity index (χ3v) is 9.65. The Morgan fingerprint density at radius 2 is 1.96 bits per heavy atom. The highest BCUT2D eigenvalue weighted by Crippen LogP contribution is 2.71. The van der Waals surface area contributed by atoms with Gasteiger partial charge in [-0.1, -0.05) is 26.0 Å². The summed E-state index contributed by atoms with van der Waals surface area (Å²) in [5.74, 6) is 1.80. The lowest BCUT2D eigenvalue weighted by Crippen LogP contribution is -2.58. The number of aliphatic hydroxyl groups is 1. The molecule has 4 heteroatoms. The molecule has 5 rings (SSSR count). The molecule has 5 aliphatic rings. The minimum atomic E-state index is -1.43. The number of allylic oxidation sites excluding steroid dienone is 4. The van der Waals surface area contributed by atoms with Crippen LogP contribution in [0.5, 0.6) is 0 Å². The lowest BCUT2D eigenvalue weighted by molar-refractivity contribution is -0.156. The molecule has 1 N–H and O–H groups in total. The molecule has 0 aromatic carbocycles. The zero-order valence-corrected chi connectivity index (χ0v) is 16.4. The van der Waals surface area contributed by atoms with E-state index in [-0.39, 0.29) is 23.0 Å². The molecule has 0 aromatic heterocycles. The summed E-state index contributed by atoms with van der Waals surface area (Å²) in [4.78, 5) is 24.6. The van der Waals surface area contributed by atoms with Gasteiger partial charge in [-0.05, 0) is 73.3 Å². The Balaban J connectivity index is 1.59. The van der Waals surface area contributed by atoms with Gasteiger partial charge in [0.25, 0.3) is 0 Å². The Hall–Kier alpha value is -0.930. The molecule has 0 radical (unpaired) electrons. The Bertz CT molecular complexity index is 784. The van der Waals surface area contributed by atoms with Gasteiger partial charge >= 0.3 is 0 Å². The standard InChI is InChI=1S/C22H27ClO3/c1-11(24)22(26)19(23)10-16-13-5-4-12-8-18(25)14-9-17(14)21(12,3)15(13)6-7-20(16,22)2/h4-5,8,13-17,19,26H,6-7,9-10H2,1-3H3/t13-,14-,15+,16+,17+,19+,20+,21+,22-/m1/s1. The molecule has 3 saturated carbocycles. The number of carbonyl (C=O) groups excluding carboxylic acids is 2. The first-order chi connectivity index (χ1) is 12.2. The predicted molar refractivity (Wildman–Crippen MR) is 99.6 cm³/mol. The molecular weight excluding hydrogens is 348 g/mol. The average Bonchev–Trinajstić information content (AvgIpc) is 3.36. The molecule has 0 aromatic rings. The van der Waals surface area contributed by atoms with Crippen LogP contribution in [-0.4, -0.2) is 27.7 Å². The zero-order valence-electron chi connectivity index (χ0n) is 15.7. The highest BCUT2D eigenvalue weighted by Gasteiger charge is 2.70. The van der Waals surface area contributed by atoms with Crippen molar-refractivity contribution in [1.82, 2.24) is 0 Å². The lowest BCUT2D eigenvalue weighted by Gasteiger charge is -2.57. The molecule has 0 aliphatic heterocycles. The van der Waals surface area contributed by atoms with Crippen molar-refractivity contribution in [3.8, 4) is 0 Å². The van der Waals surface area contributed by atoms with E-state index in [2.05, 4.69) is 26.0 Å². The predicted octanol–water partition coefficient (Wildman–Crippen LogP) is 3.69. The van der Waals surface area contributed by atoms with Crippen LogP contribution < -0.4 is 0 Å². The maximum absolute atomic E-state index is 12.4. The van der Waals surface area contributed by atoms with Gasteiger partial charge in [-0.2, -0.15) is 0 Å². The first kappa shape index (κ1) is 17.2. The van der Waals surface area contributed by atoms with Gasteiger partial charge in [0.1, 0.15) is 5.60 Å². The Kier molecular flexibility index (Phi) is 3.25. The van der Waals surface area contributed by atoms with Crippen molar-refractivity contribution < 1.29 is 14.7 Å². The van der Waals surface area contributed by atoms with Crippen LogP contribution in [0.3, 0.4) is 0 Å². The number of Topliss-reactive ketones (excluding diaryl/α,β-unsaturated/α-hetero) is 1. The molecule has 9 atom stereocenters. The van der Waals surface area contributed by atoms with Crippen molar-refractivity contribution >= 4 is 23.2 Å². The van der Waals surface area contributed by atoms with Crippen molar-refractivity contribution in [2.45, 2.75) is 57.4 Å². The first-order valence-corrected chi connectivity index (χ1v) is 10.4. The summed E-state index contributed by atoms with van der Waals surface area (Å²) in [6, 6.07) is 0. The fraction of sp³-hybridized carbons (Fsp3) is 0.727. The quantitative estimate of drug-likeness (QED) is 0.712. The van der Waals surface area contributed by atoms with Crippen molar-refractivity contribution in [2.75, 3.05) is 0 Å². The number of ketones is 2. The van der Waals surface area contributed by atoms with E-state index in [4.69, 9.17) is 11.6 Å². The third kappa shape index (κ3) is 1.71. The number of fused-ring (bicyclic) bond motifs is 7. The highest BCUT2D eigenvalue weighted by atomic mass is 35.5. The van der Waals surface area contributed by atoms with Gasteiger partial charge in [-0.3, -0.25) is 9.59 Å². The SMILES string of the molecule is CC(=O)[C@@]1(O)[C@@H](Cl)C[C@H]2[C@@H]3C=CC4=CC(=O)[C@@H]5C[C@@H]5[C@]4(C)[C@H]3CC[C@@]21C. The van der Waals surface area contributed by atoms with Crippen LogP contribution in [0.1, 0.15) is 46.5 Å². The maximum Gasteiger partial charge on any atom is 0.163 e. The molecule has 0 bridgehead atoms. The molecule has 0 spiro atoms. The maximum atomic E-state index is 12.4. The van der Waals surface area contributed by atoms with E-state index in [0.29, 0.717) is 30.0 Å². The van der Waals surface area contributed by atoms with Crippen LogP contribution in [0.2, 0.25) is 0 Å². The number of rotatable bonds is 1. The number of alkyl halides is 1. The summed E-state index contributed by atoms with van der Waals surface area (Å²) in [5.41, 5.74) is -0.646.